The molecule has 0 aliphatic rings. The second kappa shape index (κ2) is 8.35. The fourth-order valence-electron chi connectivity index (χ4n) is 2.45. The maximum atomic E-state index is 12.8. The smallest absolute Gasteiger partial charge is 0.270 e. The number of hydrogen-bond acceptors (Lipinski definition) is 7. The summed E-state index contributed by atoms with van der Waals surface area (Å²) in [4.78, 5) is 9.79. The fraction of sp³-hybridized carbons (Fsp3) is 0.294. The van der Waals surface area contributed by atoms with Crippen molar-refractivity contribution in [3.8, 4) is 5.75 Å². The van der Waals surface area contributed by atoms with Gasteiger partial charge in [-0.05, 0) is 37.6 Å². The third kappa shape index (κ3) is 4.83. The molecular formula is C17H21N3O7S2. The van der Waals surface area contributed by atoms with Gasteiger partial charge in [-0.25, -0.2) is 21.1 Å². The van der Waals surface area contributed by atoms with Crippen LogP contribution in [0.15, 0.2) is 46.2 Å². The van der Waals surface area contributed by atoms with Crippen LogP contribution in [0, 0.1) is 17.0 Å². The van der Waals surface area contributed by atoms with E-state index in [0.29, 0.717) is 5.56 Å². The number of non-ortho nitro benzene ring substituents is 1. The Morgan fingerprint density at radius 2 is 1.72 bits per heavy atom. The van der Waals surface area contributed by atoms with E-state index < -0.39 is 25.0 Å². The van der Waals surface area contributed by atoms with Crippen LogP contribution in [0.1, 0.15) is 12.5 Å². The van der Waals surface area contributed by atoms with Crippen LogP contribution in [0.3, 0.4) is 0 Å². The van der Waals surface area contributed by atoms with Gasteiger partial charge < -0.3 is 4.74 Å². The molecule has 0 radical (unpaired) electrons. The zero-order chi connectivity index (χ0) is 22.0. The Bertz CT molecular complexity index is 1140. The van der Waals surface area contributed by atoms with Crippen LogP contribution in [0.4, 0.5) is 11.4 Å². The van der Waals surface area contributed by atoms with Gasteiger partial charge in [0.1, 0.15) is 10.6 Å². The summed E-state index contributed by atoms with van der Waals surface area (Å²) in [6.45, 7) is 3.40. The third-order valence-corrected chi connectivity index (χ3v) is 7.29. The molecule has 0 amide bonds. The first-order valence-corrected chi connectivity index (χ1v) is 11.3. The minimum atomic E-state index is -4.21. The Morgan fingerprint density at radius 1 is 1.07 bits per heavy atom. The highest BCUT2D eigenvalue weighted by Gasteiger charge is 2.25. The summed E-state index contributed by atoms with van der Waals surface area (Å²) in [6.07, 6.45) is 0. The van der Waals surface area contributed by atoms with E-state index in [1.807, 2.05) is 0 Å². The lowest BCUT2D eigenvalue weighted by molar-refractivity contribution is -0.385. The van der Waals surface area contributed by atoms with Crippen molar-refractivity contribution in [3.63, 3.8) is 0 Å². The number of nitrogens with one attached hydrogen (secondary N) is 1. The fourth-order valence-corrected chi connectivity index (χ4v) is 4.81. The van der Waals surface area contributed by atoms with Crippen molar-refractivity contribution in [2.45, 2.75) is 23.6 Å². The Kier molecular flexibility index (Phi) is 6.50. The van der Waals surface area contributed by atoms with E-state index in [4.69, 9.17) is 4.74 Å². The topological polar surface area (TPSA) is 136 Å². The summed E-state index contributed by atoms with van der Waals surface area (Å²) >= 11 is 0. The van der Waals surface area contributed by atoms with Crippen LogP contribution in [-0.4, -0.2) is 46.8 Å². The molecule has 2 aromatic rings. The first-order chi connectivity index (χ1) is 13.4. The highest BCUT2D eigenvalue weighted by atomic mass is 32.2. The van der Waals surface area contributed by atoms with Gasteiger partial charge >= 0.3 is 0 Å². The van der Waals surface area contributed by atoms with Gasteiger partial charge in [-0.1, -0.05) is 6.07 Å². The minimum Gasteiger partial charge on any atom is -0.492 e. The largest absolute Gasteiger partial charge is 0.492 e. The number of benzene rings is 2. The van der Waals surface area contributed by atoms with E-state index in [0.717, 1.165) is 16.4 Å². The molecule has 2 rings (SSSR count). The van der Waals surface area contributed by atoms with Gasteiger partial charge in [0, 0.05) is 26.2 Å². The summed E-state index contributed by atoms with van der Waals surface area (Å²) in [5.41, 5.74) is -0.103. The predicted molar refractivity (Wildman–Crippen MR) is 107 cm³/mol. The zero-order valence-electron chi connectivity index (χ0n) is 16.2. The van der Waals surface area contributed by atoms with Gasteiger partial charge in [-0.2, -0.15) is 0 Å². The number of sulfonamides is 2. The third-order valence-electron chi connectivity index (χ3n) is 3.93. The Balaban J connectivity index is 2.54. The molecule has 0 saturated heterocycles. The lowest BCUT2D eigenvalue weighted by Gasteiger charge is -2.17. The quantitative estimate of drug-likeness (QED) is 0.488. The highest BCUT2D eigenvalue weighted by molar-refractivity contribution is 7.92. The maximum Gasteiger partial charge on any atom is 0.270 e. The first-order valence-electron chi connectivity index (χ1n) is 8.37. The zero-order valence-corrected chi connectivity index (χ0v) is 17.9. The molecule has 0 heterocycles. The molecule has 0 bridgehead atoms. The van der Waals surface area contributed by atoms with Crippen molar-refractivity contribution < 1.29 is 26.5 Å². The molecule has 0 aliphatic carbocycles. The van der Waals surface area contributed by atoms with Crippen LogP contribution in [-0.2, 0) is 20.0 Å². The Hall–Kier alpha value is -2.70. The average molecular weight is 444 g/mol. The highest BCUT2D eigenvalue weighted by Crippen LogP contribution is 2.31. The van der Waals surface area contributed by atoms with Crippen LogP contribution >= 0.6 is 0 Å². The van der Waals surface area contributed by atoms with Crippen LogP contribution in [0.25, 0.3) is 0 Å². The molecule has 0 fully saturated rings. The number of ether oxygens (including phenoxy) is 1. The summed E-state index contributed by atoms with van der Waals surface area (Å²) in [5.74, 6) is 0.0793. The molecular weight excluding hydrogens is 422 g/mol. The molecule has 10 nitrogen and oxygen atoms in total. The normalized spacial score (nSPS) is 12.0. The number of nitro groups is 1. The van der Waals surface area contributed by atoms with Crippen molar-refractivity contribution >= 4 is 31.4 Å². The van der Waals surface area contributed by atoms with E-state index in [9.17, 15) is 26.9 Å². The maximum absolute atomic E-state index is 12.8. The molecule has 12 heteroatoms. The van der Waals surface area contributed by atoms with Crippen molar-refractivity contribution in [2.75, 3.05) is 25.4 Å². The predicted octanol–water partition coefficient (Wildman–Crippen LogP) is 2.35. The molecule has 0 unspecified atom stereocenters. The van der Waals surface area contributed by atoms with Gasteiger partial charge in [0.2, 0.25) is 10.0 Å². The van der Waals surface area contributed by atoms with E-state index in [2.05, 4.69) is 4.72 Å². The minimum absolute atomic E-state index is 0.0280. The van der Waals surface area contributed by atoms with E-state index in [-0.39, 0.29) is 33.5 Å². The molecule has 2 aromatic carbocycles. The Morgan fingerprint density at radius 3 is 2.28 bits per heavy atom. The number of aryl methyl sites for hydroxylation is 1. The van der Waals surface area contributed by atoms with Crippen molar-refractivity contribution in [3.05, 3.63) is 52.1 Å². The van der Waals surface area contributed by atoms with E-state index >= 15 is 0 Å². The first kappa shape index (κ1) is 22.6. The SMILES string of the molecule is CCOc1ccc(NS(=O)(=O)c2cc([N+](=O)[O-])ccc2C)cc1S(=O)(=O)N(C)C. The van der Waals surface area contributed by atoms with Crippen molar-refractivity contribution in [1.82, 2.24) is 4.31 Å². The van der Waals surface area contributed by atoms with Gasteiger partial charge in [0.15, 0.2) is 0 Å². The second-order valence-corrected chi connectivity index (χ2v) is 9.97. The van der Waals surface area contributed by atoms with Gasteiger partial charge in [-0.15, -0.1) is 0 Å². The van der Waals surface area contributed by atoms with Gasteiger partial charge in [0.05, 0.1) is 22.1 Å². The summed E-state index contributed by atoms with van der Waals surface area (Å²) in [7, 11) is -5.44. The molecule has 0 atom stereocenters. The van der Waals surface area contributed by atoms with Crippen LogP contribution in [0.2, 0.25) is 0 Å². The van der Waals surface area contributed by atoms with E-state index in [1.165, 1.54) is 45.3 Å². The molecule has 0 spiro atoms. The monoisotopic (exact) mass is 443 g/mol. The standard InChI is InChI=1S/C17H21N3O7S2/c1-5-27-15-9-7-13(10-17(15)29(25,26)19(3)4)18-28(23,24)16-11-14(20(21)22)8-6-12(16)2/h6-11,18H,5H2,1-4H3. The number of anilines is 1. The van der Waals surface area contributed by atoms with Gasteiger partial charge in [-0.3, -0.25) is 14.8 Å². The number of rotatable bonds is 8. The number of nitro benzene ring substituents is 1. The van der Waals surface area contributed by atoms with Crippen molar-refractivity contribution in [2.24, 2.45) is 0 Å². The Labute approximate surface area is 169 Å². The average Bonchev–Trinajstić information content (AvgIpc) is 2.62. The molecule has 0 aromatic heterocycles. The molecule has 29 heavy (non-hydrogen) atoms. The van der Waals surface area contributed by atoms with Crippen molar-refractivity contribution in [1.29, 1.82) is 0 Å². The summed E-state index contributed by atoms with van der Waals surface area (Å²) in [6, 6.07) is 7.32. The molecule has 158 valence electrons. The molecule has 0 saturated carbocycles. The number of hydrogen-bond donors (Lipinski definition) is 1. The van der Waals surface area contributed by atoms with E-state index in [1.54, 1.807) is 6.92 Å². The lowest BCUT2D eigenvalue weighted by atomic mass is 10.2. The van der Waals surface area contributed by atoms with Gasteiger partial charge in [0.25, 0.3) is 15.7 Å². The van der Waals surface area contributed by atoms with Crippen LogP contribution < -0.4 is 9.46 Å². The molecule has 1 N–H and O–H groups in total. The summed E-state index contributed by atoms with van der Waals surface area (Å²) in [5, 5.41) is 11.0. The number of nitrogens with zero attached hydrogens (tertiary/aromatic N) is 2. The van der Waals surface area contributed by atoms with Crippen LogP contribution in [0.5, 0.6) is 5.75 Å². The molecule has 0 aliphatic heterocycles. The lowest BCUT2D eigenvalue weighted by Crippen LogP contribution is -2.23. The second-order valence-electron chi connectivity index (χ2n) is 6.19. The summed E-state index contributed by atoms with van der Waals surface area (Å²) < 4.78 is 59.3.